The Morgan fingerprint density at radius 3 is 1.20 bits per heavy atom. The van der Waals surface area contributed by atoms with Gasteiger partial charge in [0.1, 0.15) is 6.29 Å². The number of hydrogen-bond acceptors (Lipinski definition) is 10. The normalized spacial score (nSPS) is 17.4. The molecule has 17 heteroatoms. The first-order valence-electron chi connectivity index (χ1n) is 16.0. The SMILES string of the molecule is [CH2-]C1OCCO1.[CH2-]CC1OCCO1.[CH2-]CCOC1CCCCO1.[CH2-]COC1CCCCO1.[CH2-]CSC.[CH2-][Si](C)(C)OC(C)C.[CH3-].[CH3-].[CH3-].[CH3-].[CH3-].[CH3-].[Mg+2].[Mg+2].[Mg+2].[Mg+2].[Mg+2].[Mg+2]. The van der Waals surface area contributed by atoms with Crippen molar-refractivity contribution in [2.45, 2.75) is 110 Å². The standard InChI is InChI=1S/C8H15O2.C7H13O2.C6H15OSi.C5H9O2.C4H7O2.C3H7S.6CH3.6Mg/c1-2-6-9-8-5-3-4-7-10-8;1-2-8-7-5-3-4-6-9-7;1-6(2)7-8(3,4)5;1-2-5-6-3-4-7-5;1-4-5-2-3-6-4;1-3-4-2;;;;;;;;;;;;/h8H,1-7H2;7H,1-6H2;6H,3H2,1-2,4-5H3;5H,1-4H2;4H,1-3H2;1,3H2,2H3;6*1H3;;;;;;/q12*-1;6*+2. The molecule has 4 rings (SSSR count). The zero-order valence-electron chi connectivity index (χ0n) is 39.0. The summed E-state index contributed by atoms with van der Waals surface area (Å²) in [4.78, 5) is 0. The molecular formula is C39H84Mg6O9SSi. The van der Waals surface area contributed by atoms with Gasteiger partial charge in [-0.15, -0.1) is 12.2 Å². The molecule has 0 aliphatic carbocycles. The van der Waals surface area contributed by atoms with E-state index in [1.807, 2.05) is 20.1 Å². The fourth-order valence-electron chi connectivity index (χ4n) is 3.65. The summed E-state index contributed by atoms with van der Waals surface area (Å²) >= 11 is 1.75. The number of thioether (sulfide) groups is 1. The van der Waals surface area contributed by atoms with Crippen LogP contribution in [0.1, 0.15) is 65.2 Å². The number of hydrogen-bond donors (Lipinski definition) is 0. The van der Waals surface area contributed by atoms with Crippen molar-refractivity contribution in [1.29, 1.82) is 0 Å². The molecule has 0 saturated carbocycles. The summed E-state index contributed by atoms with van der Waals surface area (Å²) < 4.78 is 46.2. The van der Waals surface area contributed by atoms with Crippen LogP contribution in [0.5, 0.6) is 0 Å². The van der Waals surface area contributed by atoms with Crippen molar-refractivity contribution in [1.82, 2.24) is 0 Å². The first-order chi connectivity index (χ1) is 21.0. The molecule has 0 radical (unpaired) electrons. The third kappa shape index (κ3) is 79.2. The van der Waals surface area contributed by atoms with Crippen molar-refractivity contribution in [2.24, 2.45) is 0 Å². The second kappa shape index (κ2) is 74.2. The molecule has 4 fully saturated rings. The van der Waals surface area contributed by atoms with Gasteiger partial charge in [-0.2, -0.15) is 18.2 Å². The van der Waals surface area contributed by atoms with E-state index < -0.39 is 8.32 Å². The van der Waals surface area contributed by atoms with Crippen molar-refractivity contribution < 1.29 is 42.3 Å². The molecule has 0 aromatic rings. The van der Waals surface area contributed by atoms with E-state index in [9.17, 15) is 0 Å². The molecule has 4 saturated heterocycles. The van der Waals surface area contributed by atoms with Crippen LogP contribution in [-0.2, 0) is 42.3 Å². The minimum absolute atomic E-state index is 0. The molecule has 56 heavy (non-hydrogen) atoms. The molecule has 2 atom stereocenters. The van der Waals surface area contributed by atoms with E-state index >= 15 is 0 Å². The summed E-state index contributed by atoms with van der Waals surface area (Å²) in [6, 6.07) is 0. The van der Waals surface area contributed by atoms with Crippen LogP contribution in [0.2, 0.25) is 13.1 Å². The van der Waals surface area contributed by atoms with Crippen molar-refractivity contribution >= 4 is 158 Å². The fraction of sp³-hybridized carbons (Fsp3) is 0.692. The van der Waals surface area contributed by atoms with Crippen LogP contribution < -0.4 is 0 Å². The summed E-state index contributed by atoms with van der Waals surface area (Å²) in [6.07, 6.45) is 10.7. The second-order valence-electron chi connectivity index (χ2n) is 10.7. The Bertz CT molecular complexity index is 571. The molecule has 0 aromatic carbocycles. The maximum Gasteiger partial charge on any atom is 2.00 e. The first kappa shape index (κ1) is 99.3. The van der Waals surface area contributed by atoms with Crippen LogP contribution in [0.3, 0.4) is 0 Å². The van der Waals surface area contributed by atoms with E-state index in [0.29, 0.717) is 25.9 Å². The van der Waals surface area contributed by atoms with Crippen LogP contribution in [0.25, 0.3) is 0 Å². The first-order valence-corrected chi connectivity index (χ1v) is 20.5. The van der Waals surface area contributed by atoms with Gasteiger partial charge in [0.25, 0.3) is 0 Å². The monoisotopic (exact) mass is 900 g/mol. The molecular weight excluding hydrogens is 818 g/mol. The van der Waals surface area contributed by atoms with Gasteiger partial charge in [-0.05, 0) is 58.6 Å². The number of rotatable bonds is 9. The van der Waals surface area contributed by atoms with Crippen molar-refractivity contribution in [2.75, 3.05) is 64.9 Å². The van der Waals surface area contributed by atoms with Gasteiger partial charge < -0.3 is 121 Å². The van der Waals surface area contributed by atoms with Gasteiger partial charge in [0.2, 0.25) is 0 Å². The molecule has 0 aromatic heterocycles. The largest absolute Gasteiger partial charge is 2.00 e. The van der Waals surface area contributed by atoms with Crippen LogP contribution in [0.15, 0.2) is 0 Å². The molecule has 9 nitrogen and oxygen atoms in total. The summed E-state index contributed by atoms with van der Waals surface area (Å²) in [5.74, 6) is 0.986. The predicted molar refractivity (Wildman–Crippen MR) is 257 cm³/mol. The summed E-state index contributed by atoms with van der Waals surface area (Å²) in [5.41, 5.74) is 0. The van der Waals surface area contributed by atoms with E-state index in [1.165, 1.54) is 25.7 Å². The molecule has 0 bridgehead atoms. The van der Waals surface area contributed by atoms with E-state index in [0.717, 1.165) is 64.5 Å². The average Bonchev–Trinajstić information content (AvgIpc) is 3.72. The van der Waals surface area contributed by atoms with Crippen molar-refractivity contribution in [3.8, 4) is 0 Å². The smallest absolute Gasteiger partial charge is 0.447 e. The van der Waals surface area contributed by atoms with Crippen molar-refractivity contribution in [3.05, 3.63) is 85.7 Å². The van der Waals surface area contributed by atoms with Gasteiger partial charge in [0.15, 0.2) is 12.6 Å². The molecule has 4 aliphatic heterocycles. The van der Waals surface area contributed by atoms with E-state index in [4.69, 9.17) is 42.3 Å². The predicted octanol–water partition coefficient (Wildman–Crippen LogP) is 7.48. The molecule has 2 unspecified atom stereocenters. The minimum atomic E-state index is -1.47. The Labute approximate surface area is 455 Å². The molecule has 0 amide bonds. The number of ether oxygens (including phenoxy) is 8. The Hall–Kier alpha value is 4.80. The quantitative estimate of drug-likeness (QED) is 0.172. The van der Waals surface area contributed by atoms with Gasteiger partial charge >= 0.3 is 138 Å². The van der Waals surface area contributed by atoms with Crippen LogP contribution in [-0.4, -0.2) is 243 Å². The Kier molecular flexibility index (Phi) is 131. The maximum absolute atomic E-state index is 5.47. The van der Waals surface area contributed by atoms with E-state index in [-0.39, 0.29) is 208 Å². The van der Waals surface area contributed by atoms with E-state index in [2.05, 4.69) is 54.3 Å². The van der Waals surface area contributed by atoms with Gasteiger partial charge in [0.05, 0.1) is 26.4 Å². The zero-order valence-corrected chi connectivity index (χ0v) is 49.3. The average molecular weight is 903 g/mol. The minimum Gasteiger partial charge on any atom is -0.447 e. The van der Waals surface area contributed by atoms with Crippen LogP contribution in [0, 0.1) is 85.7 Å². The topological polar surface area (TPSA) is 83.1 Å². The van der Waals surface area contributed by atoms with Gasteiger partial charge in [0, 0.05) is 40.5 Å². The Morgan fingerprint density at radius 2 is 1.00 bits per heavy atom. The third-order valence-electron chi connectivity index (χ3n) is 5.40. The van der Waals surface area contributed by atoms with Gasteiger partial charge in [-0.3, -0.25) is 6.92 Å². The van der Waals surface area contributed by atoms with Crippen LogP contribution in [0.4, 0.5) is 0 Å². The van der Waals surface area contributed by atoms with Crippen molar-refractivity contribution in [3.63, 3.8) is 0 Å². The zero-order chi connectivity index (χ0) is 33.5. The molecule has 4 aliphatic rings. The Morgan fingerprint density at radius 1 is 0.625 bits per heavy atom. The molecule has 0 N–H and O–H groups in total. The van der Waals surface area contributed by atoms with Crippen LogP contribution >= 0.6 is 11.8 Å². The summed E-state index contributed by atoms with van der Waals surface area (Å²) in [6.45, 7) is 36.0. The molecule has 316 valence electrons. The van der Waals surface area contributed by atoms with Gasteiger partial charge in [-0.1, -0.05) is 19.7 Å². The fourth-order valence-corrected chi connectivity index (χ4v) is 4.93. The third-order valence-corrected chi connectivity index (χ3v) is 6.92. The second-order valence-corrected chi connectivity index (χ2v) is 15.5. The summed E-state index contributed by atoms with van der Waals surface area (Å²) in [7, 11) is -1.47. The summed E-state index contributed by atoms with van der Waals surface area (Å²) in [5, 5.41) is 0. The maximum atomic E-state index is 5.47. The Balaban J connectivity index is -0.0000000306. The molecule has 0 spiro atoms. The molecule has 4 heterocycles. The van der Waals surface area contributed by atoms with E-state index in [1.54, 1.807) is 11.8 Å². The van der Waals surface area contributed by atoms with Gasteiger partial charge in [-0.25, -0.2) is 0 Å².